The van der Waals surface area contributed by atoms with Gasteiger partial charge in [0.15, 0.2) is 17.3 Å². The lowest BCUT2D eigenvalue weighted by molar-refractivity contribution is -0.0512. The first-order valence-corrected chi connectivity index (χ1v) is 7.54. The summed E-state index contributed by atoms with van der Waals surface area (Å²) >= 11 is 0. The van der Waals surface area contributed by atoms with Crippen LogP contribution < -0.4 is 9.47 Å². The summed E-state index contributed by atoms with van der Waals surface area (Å²) in [6, 6.07) is 12.2. The minimum atomic E-state index is -2.92. The van der Waals surface area contributed by atoms with Gasteiger partial charge in [-0.2, -0.15) is 8.78 Å². The van der Waals surface area contributed by atoms with Crippen molar-refractivity contribution in [2.75, 3.05) is 7.11 Å². The molecular weight excluding hydrogens is 314 g/mol. The van der Waals surface area contributed by atoms with Crippen molar-refractivity contribution in [3.8, 4) is 11.5 Å². The van der Waals surface area contributed by atoms with E-state index in [2.05, 4.69) is 4.74 Å². The Balaban J connectivity index is 1.90. The lowest BCUT2D eigenvalue weighted by atomic mass is 9.86. The third-order valence-electron chi connectivity index (χ3n) is 3.96. The van der Waals surface area contributed by atoms with Gasteiger partial charge in [0.25, 0.3) is 0 Å². The van der Waals surface area contributed by atoms with Crippen LogP contribution in [0.25, 0.3) is 6.08 Å². The number of ketones is 1. The van der Waals surface area contributed by atoms with Gasteiger partial charge in [-0.05, 0) is 42.2 Å². The Morgan fingerprint density at radius 2 is 1.88 bits per heavy atom. The Labute approximate surface area is 138 Å². The Bertz CT molecular complexity index is 797. The molecule has 0 fully saturated rings. The summed E-state index contributed by atoms with van der Waals surface area (Å²) in [7, 11) is 1.38. The molecule has 1 aliphatic rings. The zero-order chi connectivity index (χ0) is 17.1. The van der Waals surface area contributed by atoms with E-state index in [0.29, 0.717) is 17.6 Å². The highest BCUT2D eigenvalue weighted by atomic mass is 19.3. The van der Waals surface area contributed by atoms with E-state index in [1.54, 1.807) is 18.2 Å². The number of hydrogen-bond donors (Lipinski definition) is 0. The van der Waals surface area contributed by atoms with Crippen LogP contribution in [0.1, 0.15) is 27.9 Å². The van der Waals surface area contributed by atoms with Crippen LogP contribution >= 0.6 is 0 Å². The number of ether oxygens (including phenoxy) is 2. The number of allylic oxidation sites excluding steroid dienone is 1. The molecular formula is C19H16F2O3. The Morgan fingerprint density at radius 1 is 1.08 bits per heavy atom. The smallest absolute Gasteiger partial charge is 0.387 e. The third-order valence-corrected chi connectivity index (χ3v) is 3.96. The van der Waals surface area contributed by atoms with Crippen LogP contribution in [-0.2, 0) is 6.42 Å². The van der Waals surface area contributed by atoms with E-state index in [0.717, 1.165) is 17.5 Å². The highest BCUT2D eigenvalue weighted by Gasteiger charge is 2.21. The van der Waals surface area contributed by atoms with E-state index in [-0.39, 0.29) is 17.3 Å². The van der Waals surface area contributed by atoms with E-state index in [9.17, 15) is 13.6 Å². The third kappa shape index (κ3) is 3.30. The fourth-order valence-electron chi connectivity index (χ4n) is 2.82. The van der Waals surface area contributed by atoms with Crippen molar-refractivity contribution in [1.82, 2.24) is 0 Å². The average molecular weight is 330 g/mol. The molecule has 0 N–H and O–H groups in total. The van der Waals surface area contributed by atoms with Crippen LogP contribution in [0, 0.1) is 0 Å². The van der Waals surface area contributed by atoms with Gasteiger partial charge in [0, 0.05) is 11.1 Å². The zero-order valence-corrected chi connectivity index (χ0v) is 13.1. The Kier molecular flexibility index (Phi) is 4.60. The number of fused-ring (bicyclic) bond motifs is 1. The van der Waals surface area contributed by atoms with Crippen LogP contribution in [0.15, 0.2) is 48.0 Å². The second kappa shape index (κ2) is 6.83. The van der Waals surface area contributed by atoms with E-state index in [1.807, 2.05) is 24.3 Å². The van der Waals surface area contributed by atoms with Crippen LogP contribution in [-0.4, -0.2) is 19.5 Å². The summed E-state index contributed by atoms with van der Waals surface area (Å²) in [4.78, 5) is 12.6. The van der Waals surface area contributed by atoms with Gasteiger partial charge in [0.05, 0.1) is 7.11 Å². The molecule has 3 rings (SSSR count). The van der Waals surface area contributed by atoms with Gasteiger partial charge in [-0.15, -0.1) is 0 Å². The summed E-state index contributed by atoms with van der Waals surface area (Å²) in [5, 5.41) is 0. The minimum Gasteiger partial charge on any atom is -0.493 e. The van der Waals surface area contributed by atoms with E-state index in [1.165, 1.54) is 13.2 Å². The first-order chi connectivity index (χ1) is 11.6. The van der Waals surface area contributed by atoms with Crippen LogP contribution in [0.3, 0.4) is 0 Å². The topological polar surface area (TPSA) is 35.5 Å². The lowest BCUT2D eigenvalue weighted by Crippen LogP contribution is -2.13. The summed E-state index contributed by atoms with van der Waals surface area (Å²) < 4.78 is 34.2. The highest BCUT2D eigenvalue weighted by Crippen LogP contribution is 2.32. The molecule has 0 saturated heterocycles. The normalized spacial score (nSPS) is 15.5. The van der Waals surface area contributed by atoms with Crippen LogP contribution in [0.4, 0.5) is 8.78 Å². The number of rotatable bonds is 4. The number of alkyl halides is 2. The molecule has 0 radical (unpaired) electrons. The first-order valence-electron chi connectivity index (χ1n) is 7.54. The molecule has 0 atom stereocenters. The zero-order valence-electron chi connectivity index (χ0n) is 13.1. The van der Waals surface area contributed by atoms with Crippen molar-refractivity contribution < 1.29 is 23.0 Å². The van der Waals surface area contributed by atoms with Crippen molar-refractivity contribution in [2.45, 2.75) is 19.5 Å². The quantitative estimate of drug-likeness (QED) is 0.774. The number of carbonyl (C=O) groups excluding carboxylic acids is 1. The SMILES string of the molecule is COc1cc(C=C2CCc3ccccc3C2=O)ccc1OC(F)F. The van der Waals surface area contributed by atoms with E-state index < -0.39 is 6.61 Å². The lowest BCUT2D eigenvalue weighted by Gasteiger charge is -2.17. The summed E-state index contributed by atoms with van der Waals surface area (Å²) in [5.74, 6) is 0.173. The van der Waals surface area contributed by atoms with Crippen molar-refractivity contribution in [3.05, 3.63) is 64.7 Å². The second-order valence-electron chi connectivity index (χ2n) is 5.44. The number of halogens is 2. The maximum Gasteiger partial charge on any atom is 0.387 e. The summed E-state index contributed by atoms with van der Waals surface area (Å²) in [6.45, 7) is -2.92. The second-order valence-corrected chi connectivity index (χ2v) is 5.44. The van der Waals surface area contributed by atoms with Crippen LogP contribution in [0.5, 0.6) is 11.5 Å². The summed E-state index contributed by atoms with van der Waals surface area (Å²) in [5.41, 5.74) is 3.17. The fourth-order valence-corrected chi connectivity index (χ4v) is 2.82. The fraction of sp³-hybridized carbons (Fsp3) is 0.211. The maximum absolute atomic E-state index is 12.6. The van der Waals surface area contributed by atoms with Crippen molar-refractivity contribution in [1.29, 1.82) is 0 Å². The van der Waals surface area contributed by atoms with Crippen molar-refractivity contribution >= 4 is 11.9 Å². The van der Waals surface area contributed by atoms with E-state index in [4.69, 9.17) is 4.74 Å². The highest BCUT2D eigenvalue weighted by molar-refractivity contribution is 6.13. The monoisotopic (exact) mass is 330 g/mol. The number of carbonyl (C=O) groups is 1. The van der Waals surface area contributed by atoms with Crippen molar-refractivity contribution in [2.24, 2.45) is 0 Å². The molecule has 0 amide bonds. The number of Topliss-reactive ketones (excluding diaryl/α,β-unsaturated/α-hetero) is 1. The molecule has 1 aliphatic carbocycles. The molecule has 3 nitrogen and oxygen atoms in total. The predicted octanol–water partition coefficient (Wildman–Crippen LogP) is 4.51. The van der Waals surface area contributed by atoms with Crippen molar-refractivity contribution in [3.63, 3.8) is 0 Å². The van der Waals surface area contributed by atoms with Gasteiger partial charge in [0.1, 0.15) is 0 Å². The molecule has 0 aromatic heterocycles. The molecule has 0 unspecified atom stereocenters. The molecule has 2 aromatic carbocycles. The van der Waals surface area contributed by atoms with Gasteiger partial charge in [-0.1, -0.05) is 30.3 Å². The van der Waals surface area contributed by atoms with Gasteiger partial charge < -0.3 is 9.47 Å². The van der Waals surface area contributed by atoms with Crippen LogP contribution in [0.2, 0.25) is 0 Å². The number of benzene rings is 2. The summed E-state index contributed by atoms with van der Waals surface area (Å²) in [6.07, 6.45) is 3.22. The maximum atomic E-state index is 12.6. The van der Waals surface area contributed by atoms with Gasteiger partial charge in [-0.3, -0.25) is 4.79 Å². The van der Waals surface area contributed by atoms with Gasteiger partial charge in [-0.25, -0.2) is 0 Å². The molecule has 0 bridgehead atoms. The standard InChI is InChI=1S/C19H16F2O3/c1-23-17-11-12(6-9-16(17)24-19(20)21)10-14-8-7-13-4-2-3-5-15(13)18(14)22/h2-6,9-11,19H,7-8H2,1H3. The molecule has 0 heterocycles. The molecule has 124 valence electrons. The molecule has 2 aromatic rings. The average Bonchev–Trinajstić information content (AvgIpc) is 2.58. The number of aryl methyl sites for hydroxylation is 1. The molecule has 0 saturated carbocycles. The largest absolute Gasteiger partial charge is 0.493 e. The molecule has 0 aliphatic heterocycles. The molecule has 0 spiro atoms. The number of methoxy groups -OCH3 is 1. The van der Waals surface area contributed by atoms with Gasteiger partial charge in [0.2, 0.25) is 0 Å². The van der Waals surface area contributed by atoms with E-state index >= 15 is 0 Å². The molecule has 24 heavy (non-hydrogen) atoms. The Hall–Kier alpha value is -2.69. The van der Waals surface area contributed by atoms with Gasteiger partial charge >= 0.3 is 6.61 Å². The minimum absolute atomic E-state index is 0.00345. The number of hydrogen-bond acceptors (Lipinski definition) is 3. The predicted molar refractivity (Wildman–Crippen MR) is 86.7 cm³/mol. The Morgan fingerprint density at radius 3 is 2.62 bits per heavy atom. The first kappa shape index (κ1) is 16.2. The molecule has 5 heteroatoms.